The Bertz CT molecular complexity index is 617. The Morgan fingerprint density at radius 2 is 2.00 bits per heavy atom. The van der Waals surface area contributed by atoms with Gasteiger partial charge in [0.2, 0.25) is 5.91 Å². The van der Waals surface area contributed by atoms with Gasteiger partial charge in [0.25, 0.3) is 0 Å². The number of hydrogen-bond donors (Lipinski definition) is 0. The third kappa shape index (κ3) is 3.15. The van der Waals surface area contributed by atoms with Crippen molar-refractivity contribution in [3.8, 4) is 0 Å². The van der Waals surface area contributed by atoms with Crippen LogP contribution in [0.4, 0.5) is 0 Å². The fourth-order valence-electron chi connectivity index (χ4n) is 2.54. The number of hydrogen-bond acceptors (Lipinski definition) is 4. The van der Waals surface area contributed by atoms with Gasteiger partial charge < -0.3 is 9.64 Å². The smallest absolute Gasteiger partial charge is 0.348 e. The molecule has 1 amide bonds. The van der Waals surface area contributed by atoms with E-state index in [0.29, 0.717) is 25.5 Å². The summed E-state index contributed by atoms with van der Waals surface area (Å²) in [5.41, 5.74) is 2.13. The molecule has 1 aliphatic rings. The fraction of sp³-hybridized carbons (Fsp3) is 0.667. The Kier molecular flexibility index (Phi) is 4.18. The number of carbonyl (C=O) groups excluding carboxylic acids is 1. The van der Waals surface area contributed by atoms with Gasteiger partial charge in [-0.25, -0.2) is 4.79 Å². The van der Waals surface area contributed by atoms with Crippen LogP contribution in [0.2, 0.25) is 0 Å². The minimum absolute atomic E-state index is 0.0336. The van der Waals surface area contributed by atoms with Crippen LogP contribution in [-0.4, -0.2) is 47.2 Å². The number of aryl methyl sites for hydroxylation is 1. The van der Waals surface area contributed by atoms with Crippen LogP contribution in [0.3, 0.4) is 0 Å². The highest BCUT2D eigenvalue weighted by Gasteiger charge is 2.35. The van der Waals surface area contributed by atoms with Crippen LogP contribution in [0.1, 0.15) is 23.9 Å². The minimum Gasteiger partial charge on any atom is -0.380 e. The summed E-state index contributed by atoms with van der Waals surface area (Å²) in [5, 5.41) is 0. The van der Waals surface area contributed by atoms with Crippen molar-refractivity contribution in [3.05, 3.63) is 27.4 Å². The summed E-state index contributed by atoms with van der Waals surface area (Å²) >= 11 is 0. The third-order valence-corrected chi connectivity index (χ3v) is 4.22. The van der Waals surface area contributed by atoms with Crippen LogP contribution >= 0.6 is 0 Å². The Hall–Kier alpha value is -1.69. The third-order valence-electron chi connectivity index (χ3n) is 4.22. The first kappa shape index (κ1) is 15.7. The molecule has 0 unspecified atom stereocenters. The van der Waals surface area contributed by atoms with Crippen LogP contribution in [0, 0.1) is 26.2 Å². The normalized spacial score (nSPS) is 16.4. The van der Waals surface area contributed by atoms with Crippen molar-refractivity contribution < 1.29 is 9.53 Å². The number of nitrogens with zero attached hydrogens (tertiary/aromatic N) is 3. The lowest BCUT2D eigenvalue weighted by atomic mass is 9.88. The molecule has 0 atom stereocenters. The number of rotatable bonds is 4. The van der Waals surface area contributed by atoms with Gasteiger partial charge in [-0.2, -0.15) is 4.98 Å². The average molecular weight is 293 g/mol. The standard InChI is InChI=1S/C15H23N3O3/c1-10-11(2)16-14(20)18(12(10)3)6-13(19)17(5)7-15(4)8-21-9-15/h6-9H2,1-5H3. The SMILES string of the molecule is Cc1nc(=O)n(CC(=O)N(C)CC2(C)COC2)c(C)c1C. The van der Waals surface area contributed by atoms with E-state index in [4.69, 9.17) is 4.74 Å². The molecule has 6 heteroatoms. The van der Waals surface area contributed by atoms with E-state index < -0.39 is 0 Å². The topological polar surface area (TPSA) is 64.4 Å². The zero-order valence-electron chi connectivity index (χ0n) is 13.4. The second-order valence-corrected chi connectivity index (χ2v) is 6.33. The predicted molar refractivity (Wildman–Crippen MR) is 79.3 cm³/mol. The molecule has 0 spiro atoms. The highest BCUT2D eigenvalue weighted by Crippen LogP contribution is 2.27. The zero-order chi connectivity index (χ0) is 15.8. The lowest BCUT2D eigenvalue weighted by Gasteiger charge is -2.40. The molecule has 0 bridgehead atoms. The van der Waals surface area contributed by atoms with Gasteiger partial charge in [0.15, 0.2) is 0 Å². The van der Waals surface area contributed by atoms with Crippen molar-refractivity contribution in [2.75, 3.05) is 26.8 Å². The molecule has 1 saturated heterocycles. The van der Waals surface area contributed by atoms with Crippen molar-refractivity contribution in [3.63, 3.8) is 0 Å². The van der Waals surface area contributed by atoms with Crippen molar-refractivity contribution in [1.82, 2.24) is 14.5 Å². The molecule has 21 heavy (non-hydrogen) atoms. The molecule has 116 valence electrons. The van der Waals surface area contributed by atoms with Gasteiger partial charge in [-0.3, -0.25) is 9.36 Å². The van der Waals surface area contributed by atoms with Crippen LogP contribution in [0.25, 0.3) is 0 Å². The summed E-state index contributed by atoms with van der Waals surface area (Å²) in [6.45, 7) is 9.68. The first-order valence-corrected chi connectivity index (χ1v) is 7.10. The molecule has 2 heterocycles. The predicted octanol–water partition coefficient (Wildman–Crippen LogP) is 0.663. The molecule has 1 aromatic heterocycles. The summed E-state index contributed by atoms with van der Waals surface area (Å²) in [5.74, 6) is -0.0848. The van der Waals surface area contributed by atoms with Gasteiger partial charge in [-0.1, -0.05) is 6.92 Å². The van der Waals surface area contributed by atoms with Crippen LogP contribution in [-0.2, 0) is 16.1 Å². The highest BCUT2D eigenvalue weighted by atomic mass is 16.5. The Balaban J connectivity index is 2.13. The van der Waals surface area contributed by atoms with E-state index in [-0.39, 0.29) is 23.6 Å². The first-order valence-electron chi connectivity index (χ1n) is 7.10. The van der Waals surface area contributed by atoms with E-state index >= 15 is 0 Å². The number of likely N-dealkylation sites (N-methyl/N-ethyl adjacent to an activating group) is 1. The van der Waals surface area contributed by atoms with Crippen molar-refractivity contribution in [2.45, 2.75) is 34.2 Å². The molecular weight excluding hydrogens is 270 g/mol. The van der Waals surface area contributed by atoms with Gasteiger partial charge >= 0.3 is 5.69 Å². The quantitative estimate of drug-likeness (QED) is 0.818. The van der Waals surface area contributed by atoms with Gasteiger partial charge in [-0.15, -0.1) is 0 Å². The molecule has 2 rings (SSSR count). The molecule has 0 saturated carbocycles. The summed E-state index contributed by atoms with van der Waals surface area (Å²) in [7, 11) is 1.76. The second kappa shape index (κ2) is 5.60. The summed E-state index contributed by atoms with van der Waals surface area (Å²) in [4.78, 5) is 29.9. The van der Waals surface area contributed by atoms with Gasteiger partial charge in [0.1, 0.15) is 6.54 Å². The number of ether oxygens (including phenoxy) is 1. The summed E-state index contributed by atoms with van der Waals surface area (Å²) in [6, 6.07) is 0. The monoisotopic (exact) mass is 293 g/mol. The maximum absolute atomic E-state index is 12.3. The Labute approximate surface area is 124 Å². The molecule has 1 fully saturated rings. The lowest BCUT2D eigenvalue weighted by molar-refractivity contribution is -0.142. The van der Waals surface area contributed by atoms with Crippen molar-refractivity contribution in [1.29, 1.82) is 0 Å². The van der Waals surface area contributed by atoms with Crippen LogP contribution in [0.15, 0.2) is 4.79 Å². The van der Waals surface area contributed by atoms with E-state index in [1.165, 1.54) is 4.57 Å². The number of amides is 1. The van der Waals surface area contributed by atoms with Gasteiger partial charge in [0, 0.05) is 30.4 Å². The maximum atomic E-state index is 12.3. The zero-order valence-corrected chi connectivity index (χ0v) is 13.4. The molecular formula is C15H23N3O3. The molecule has 1 aromatic rings. The Morgan fingerprint density at radius 3 is 2.52 bits per heavy atom. The van der Waals surface area contributed by atoms with E-state index in [9.17, 15) is 9.59 Å². The lowest BCUT2D eigenvalue weighted by Crippen LogP contribution is -2.50. The number of aromatic nitrogens is 2. The maximum Gasteiger partial charge on any atom is 0.348 e. The second-order valence-electron chi connectivity index (χ2n) is 6.33. The molecule has 0 aliphatic carbocycles. The molecule has 6 nitrogen and oxygen atoms in total. The number of carbonyl (C=O) groups is 1. The van der Waals surface area contributed by atoms with E-state index in [1.807, 2.05) is 13.8 Å². The molecule has 1 aliphatic heterocycles. The van der Waals surface area contributed by atoms with Gasteiger partial charge in [-0.05, 0) is 26.3 Å². The van der Waals surface area contributed by atoms with E-state index in [2.05, 4.69) is 11.9 Å². The van der Waals surface area contributed by atoms with Crippen molar-refractivity contribution in [2.24, 2.45) is 5.41 Å². The largest absolute Gasteiger partial charge is 0.380 e. The van der Waals surface area contributed by atoms with E-state index in [0.717, 1.165) is 11.3 Å². The fourth-order valence-corrected chi connectivity index (χ4v) is 2.54. The van der Waals surface area contributed by atoms with Crippen molar-refractivity contribution >= 4 is 5.91 Å². The van der Waals surface area contributed by atoms with E-state index in [1.54, 1.807) is 18.9 Å². The Morgan fingerprint density at radius 1 is 1.38 bits per heavy atom. The average Bonchev–Trinajstić information content (AvgIpc) is 2.39. The minimum atomic E-state index is -0.365. The molecule has 0 N–H and O–H groups in total. The van der Waals surface area contributed by atoms with Crippen LogP contribution in [0.5, 0.6) is 0 Å². The summed E-state index contributed by atoms with van der Waals surface area (Å²) in [6.07, 6.45) is 0. The molecule has 0 radical (unpaired) electrons. The first-order chi connectivity index (χ1) is 9.73. The van der Waals surface area contributed by atoms with Crippen LogP contribution < -0.4 is 5.69 Å². The molecule has 0 aromatic carbocycles. The highest BCUT2D eigenvalue weighted by molar-refractivity contribution is 5.75. The summed E-state index contributed by atoms with van der Waals surface area (Å²) < 4.78 is 6.65. The van der Waals surface area contributed by atoms with Gasteiger partial charge in [0.05, 0.1) is 13.2 Å².